The summed E-state index contributed by atoms with van der Waals surface area (Å²) in [5.41, 5.74) is 1.44. The zero-order valence-electron chi connectivity index (χ0n) is 16.1. The van der Waals surface area contributed by atoms with Crippen LogP contribution in [-0.4, -0.2) is 47.0 Å². The number of nitrogens with zero attached hydrogens (tertiary/aromatic N) is 3. The highest BCUT2D eigenvalue weighted by Gasteiger charge is 2.47. The summed E-state index contributed by atoms with van der Waals surface area (Å²) in [4.78, 5) is 16.8. The number of piperidine rings is 1. The average molecular weight is 391 g/mol. The Kier molecular flexibility index (Phi) is 4.53. The van der Waals surface area contributed by atoms with Crippen LogP contribution in [0.15, 0.2) is 36.4 Å². The molecule has 1 amide bonds. The first-order valence-electron chi connectivity index (χ1n) is 9.57. The molecular weight excluding hydrogens is 367 g/mol. The van der Waals surface area contributed by atoms with Crippen molar-refractivity contribution in [2.75, 3.05) is 26.7 Å². The van der Waals surface area contributed by atoms with Crippen LogP contribution in [0.5, 0.6) is 0 Å². The third-order valence-corrected chi connectivity index (χ3v) is 6.31. The summed E-state index contributed by atoms with van der Waals surface area (Å²) in [7, 11) is 1.97. The van der Waals surface area contributed by atoms with Gasteiger partial charge in [-0.05, 0) is 51.1 Å². The zero-order valence-corrected chi connectivity index (χ0v) is 16.1. The summed E-state index contributed by atoms with van der Waals surface area (Å²) in [5, 5.41) is 0. The molecule has 4 nitrogen and oxygen atoms in total. The van der Waals surface area contributed by atoms with Gasteiger partial charge >= 0.3 is 6.18 Å². The number of alkyl halides is 3. The van der Waals surface area contributed by atoms with E-state index in [1.807, 2.05) is 43.1 Å². The van der Waals surface area contributed by atoms with E-state index < -0.39 is 17.4 Å². The summed E-state index contributed by atoms with van der Waals surface area (Å²) in [6.45, 7) is 3.94. The number of aryl methyl sites for hydroxylation is 1. The Morgan fingerprint density at radius 1 is 0.964 bits per heavy atom. The van der Waals surface area contributed by atoms with Gasteiger partial charge in [-0.15, -0.1) is 0 Å². The first-order valence-corrected chi connectivity index (χ1v) is 9.57. The van der Waals surface area contributed by atoms with Gasteiger partial charge in [0, 0.05) is 37.4 Å². The highest BCUT2D eigenvalue weighted by atomic mass is 19.4. The molecule has 0 unspecified atom stereocenters. The number of hydrogen-bond acceptors (Lipinski definition) is 2. The van der Waals surface area contributed by atoms with Crippen LogP contribution in [0.2, 0.25) is 0 Å². The van der Waals surface area contributed by atoms with Crippen molar-refractivity contribution in [1.29, 1.82) is 0 Å². The van der Waals surface area contributed by atoms with Gasteiger partial charge in [-0.2, -0.15) is 13.2 Å². The molecule has 0 aliphatic carbocycles. The van der Waals surface area contributed by atoms with Crippen LogP contribution >= 0.6 is 0 Å². The van der Waals surface area contributed by atoms with Crippen LogP contribution in [0, 0.1) is 6.92 Å². The predicted octanol–water partition coefficient (Wildman–Crippen LogP) is 3.89. The normalized spacial score (nSPS) is 19.7. The standard InChI is InChI=1S/C21H24F3N3O/c1-15-3-5-16(6-4-15)19(28)26-11-9-20(10-12-26)17-7-8-18(21(22,23)24)27(17)14-13-25(20)2/h3-8H,9-14H2,1-2H3. The van der Waals surface area contributed by atoms with Crippen LogP contribution in [0.25, 0.3) is 0 Å². The number of rotatable bonds is 1. The number of carbonyl (C=O) groups excluding carboxylic acids is 1. The largest absolute Gasteiger partial charge is 0.431 e. The number of fused-ring (bicyclic) bond motifs is 2. The second-order valence-electron chi connectivity index (χ2n) is 7.86. The van der Waals surface area contributed by atoms with E-state index in [4.69, 9.17) is 0 Å². The third kappa shape index (κ3) is 3.02. The first kappa shape index (κ1) is 19.1. The summed E-state index contributed by atoms with van der Waals surface area (Å²) < 4.78 is 41.5. The summed E-state index contributed by atoms with van der Waals surface area (Å²) in [5.74, 6) is -0.0142. The molecule has 2 aromatic rings. The molecule has 0 bridgehead atoms. The van der Waals surface area contributed by atoms with E-state index in [0.29, 0.717) is 44.6 Å². The van der Waals surface area contributed by atoms with E-state index in [9.17, 15) is 18.0 Å². The maximum Gasteiger partial charge on any atom is 0.431 e. The average Bonchev–Trinajstić information content (AvgIpc) is 3.11. The van der Waals surface area contributed by atoms with E-state index >= 15 is 0 Å². The molecule has 0 saturated carbocycles. The Morgan fingerprint density at radius 2 is 1.61 bits per heavy atom. The van der Waals surface area contributed by atoms with Crippen molar-refractivity contribution in [3.63, 3.8) is 0 Å². The zero-order chi connectivity index (χ0) is 20.1. The molecule has 0 radical (unpaired) electrons. The monoisotopic (exact) mass is 391 g/mol. The van der Waals surface area contributed by atoms with E-state index in [-0.39, 0.29) is 5.91 Å². The number of carbonyl (C=O) groups is 1. The van der Waals surface area contributed by atoms with Crippen molar-refractivity contribution in [3.05, 3.63) is 58.9 Å². The van der Waals surface area contributed by atoms with Gasteiger partial charge in [-0.3, -0.25) is 9.69 Å². The fourth-order valence-electron chi connectivity index (χ4n) is 4.62. The third-order valence-electron chi connectivity index (χ3n) is 6.31. The lowest BCUT2D eigenvalue weighted by atomic mass is 9.81. The van der Waals surface area contributed by atoms with Crippen LogP contribution in [0.1, 0.15) is 40.2 Å². The van der Waals surface area contributed by atoms with Crippen LogP contribution in [-0.2, 0) is 18.3 Å². The van der Waals surface area contributed by atoms with Gasteiger partial charge in [0.15, 0.2) is 0 Å². The minimum atomic E-state index is -4.35. The number of hydrogen-bond donors (Lipinski definition) is 0. The molecule has 2 aliphatic rings. The molecule has 1 aromatic heterocycles. The number of aromatic nitrogens is 1. The van der Waals surface area contributed by atoms with Gasteiger partial charge in [0.2, 0.25) is 0 Å². The van der Waals surface area contributed by atoms with Crippen LogP contribution in [0.3, 0.4) is 0 Å². The van der Waals surface area contributed by atoms with Gasteiger partial charge < -0.3 is 9.47 Å². The number of benzene rings is 1. The van der Waals surface area contributed by atoms with Crippen LogP contribution < -0.4 is 0 Å². The predicted molar refractivity (Wildman–Crippen MR) is 100 cm³/mol. The molecule has 1 saturated heterocycles. The fourth-order valence-corrected chi connectivity index (χ4v) is 4.62. The Labute approximate surface area is 162 Å². The van der Waals surface area contributed by atoms with Gasteiger partial charge in [0.1, 0.15) is 5.69 Å². The molecule has 0 atom stereocenters. The quantitative estimate of drug-likeness (QED) is 0.738. The molecule has 1 spiro atoms. The van der Waals surface area contributed by atoms with Crippen molar-refractivity contribution < 1.29 is 18.0 Å². The summed E-state index contributed by atoms with van der Waals surface area (Å²) in [6.07, 6.45) is -3.09. The SMILES string of the molecule is Cc1ccc(C(=O)N2CCC3(CC2)c2ccc(C(F)(F)F)n2CCN3C)cc1. The summed E-state index contributed by atoms with van der Waals surface area (Å²) in [6, 6.07) is 10.3. The molecule has 28 heavy (non-hydrogen) atoms. The minimum absolute atomic E-state index is 0.0142. The number of amides is 1. The molecular formula is C21H24F3N3O. The maximum absolute atomic E-state index is 13.4. The van der Waals surface area contributed by atoms with Gasteiger partial charge in [-0.1, -0.05) is 17.7 Å². The van der Waals surface area contributed by atoms with Crippen LogP contribution in [0.4, 0.5) is 13.2 Å². The number of halogens is 3. The van der Waals surface area contributed by atoms with Crippen molar-refractivity contribution >= 4 is 5.91 Å². The Balaban J connectivity index is 1.58. The number of likely N-dealkylation sites (tertiary alicyclic amines) is 1. The van der Waals surface area contributed by atoms with Crippen molar-refractivity contribution in [2.45, 2.75) is 38.0 Å². The Morgan fingerprint density at radius 3 is 2.21 bits per heavy atom. The second kappa shape index (κ2) is 6.65. The Hall–Kier alpha value is -2.28. The molecule has 7 heteroatoms. The van der Waals surface area contributed by atoms with Crippen molar-refractivity contribution in [2.24, 2.45) is 0 Å². The van der Waals surface area contributed by atoms with Gasteiger partial charge in [0.05, 0.1) is 5.54 Å². The van der Waals surface area contributed by atoms with Gasteiger partial charge in [0.25, 0.3) is 5.91 Å². The highest BCUT2D eigenvalue weighted by molar-refractivity contribution is 5.94. The van der Waals surface area contributed by atoms with E-state index in [1.165, 1.54) is 10.6 Å². The molecule has 1 aromatic carbocycles. The lowest BCUT2D eigenvalue weighted by molar-refractivity contribution is -0.144. The second-order valence-corrected chi connectivity index (χ2v) is 7.86. The van der Waals surface area contributed by atoms with Gasteiger partial charge in [-0.25, -0.2) is 0 Å². The minimum Gasteiger partial charge on any atom is -0.338 e. The summed E-state index contributed by atoms with van der Waals surface area (Å²) >= 11 is 0. The topological polar surface area (TPSA) is 28.5 Å². The van der Waals surface area contributed by atoms with Crippen molar-refractivity contribution in [1.82, 2.24) is 14.4 Å². The molecule has 2 aliphatic heterocycles. The van der Waals surface area contributed by atoms with E-state index in [0.717, 1.165) is 11.3 Å². The van der Waals surface area contributed by atoms with E-state index in [1.54, 1.807) is 6.07 Å². The lowest BCUT2D eigenvalue weighted by Crippen LogP contribution is -2.56. The maximum atomic E-state index is 13.4. The molecule has 0 N–H and O–H groups in total. The number of likely N-dealkylation sites (N-methyl/N-ethyl adjacent to an activating group) is 1. The molecule has 150 valence electrons. The molecule has 4 rings (SSSR count). The first-order chi connectivity index (χ1) is 13.2. The molecule has 3 heterocycles. The Bertz CT molecular complexity index is 877. The van der Waals surface area contributed by atoms with Crippen molar-refractivity contribution in [3.8, 4) is 0 Å². The molecule has 1 fully saturated rings. The fraction of sp³-hybridized carbons (Fsp3) is 0.476. The lowest BCUT2D eigenvalue weighted by Gasteiger charge is -2.50. The highest BCUT2D eigenvalue weighted by Crippen LogP contribution is 2.44. The smallest absolute Gasteiger partial charge is 0.338 e. The van der Waals surface area contributed by atoms with E-state index in [2.05, 4.69) is 4.90 Å².